The van der Waals surface area contributed by atoms with Gasteiger partial charge in [0, 0.05) is 29.1 Å². The highest BCUT2D eigenvalue weighted by atomic mass is 16.5. The number of nitrogens with zero attached hydrogens (tertiary/aromatic N) is 2. The van der Waals surface area contributed by atoms with Crippen LogP contribution in [0.2, 0.25) is 0 Å². The van der Waals surface area contributed by atoms with Gasteiger partial charge in [-0.1, -0.05) is 36.8 Å². The number of ether oxygens (including phenoxy) is 1. The highest BCUT2D eigenvalue weighted by Gasteiger charge is 2.65. The van der Waals surface area contributed by atoms with Crippen LogP contribution < -0.4 is 10.1 Å². The van der Waals surface area contributed by atoms with E-state index < -0.39 is 5.41 Å². The predicted octanol–water partition coefficient (Wildman–Crippen LogP) is 5.60. The summed E-state index contributed by atoms with van der Waals surface area (Å²) in [6, 6.07) is 21.1. The van der Waals surface area contributed by atoms with Crippen molar-refractivity contribution in [1.82, 2.24) is 15.1 Å². The van der Waals surface area contributed by atoms with E-state index in [0.717, 1.165) is 52.1 Å². The van der Waals surface area contributed by atoms with Gasteiger partial charge in [-0.05, 0) is 79.4 Å². The van der Waals surface area contributed by atoms with Gasteiger partial charge in [-0.3, -0.25) is 14.8 Å². The maximum absolute atomic E-state index is 13.1. The van der Waals surface area contributed by atoms with Gasteiger partial charge in [-0.2, -0.15) is 5.10 Å². The SMILES string of the molecule is COc1ccc2c(c1)[C@]1(C[C@H]1c1ccc3c(-c4cccc(CN5CCCCC5)c4)n[nH]c3c1)C(=O)N2. The maximum Gasteiger partial charge on any atom is 0.235 e. The van der Waals surface area contributed by atoms with E-state index in [1.54, 1.807) is 7.11 Å². The average Bonchev–Trinajstić information content (AvgIpc) is 3.43. The van der Waals surface area contributed by atoms with Crippen LogP contribution in [0.15, 0.2) is 60.7 Å². The number of likely N-dealkylation sites (tertiary alicyclic amines) is 1. The smallest absolute Gasteiger partial charge is 0.235 e. The molecule has 1 saturated heterocycles. The minimum absolute atomic E-state index is 0.0895. The van der Waals surface area contributed by atoms with Gasteiger partial charge in [0.15, 0.2) is 0 Å². The van der Waals surface area contributed by atoms with Crippen LogP contribution >= 0.6 is 0 Å². The third-order valence-electron chi connectivity index (χ3n) is 8.37. The number of aromatic amines is 1. The largest absolute Gasteiger partial charge is 0.497 e. The molecule has 3 heterocycles. The molecule has 36 heavy (non-hydrogen) atoms. The van der Waals surface area contributed by atoms with E-state index in [1.807, 2.05) is 18.2 Å². The number of amides is 1. The van der Waals surface area contributed by atoms with Crippen molar-refractivity contribution in [3.8, 4) is 17.0 Å². The Morgan fingerprint density at radius 1 is 1.06 bits per heavy atom. The molecule has 2 aliphatic heterocycles. The zero-order valence-electron chi connectivity index (χ0n) is 20.5. The van der Waals surface area contributed by atoms with E-state index in [0.29, 0.717) is 0 Å². The molecule has 3 aromatic carbocycles. The number of nitrogens with one attached hydrogen (secondary N) is 2. The van der Waals surface area contributed by atoms with Crippen LogP contribution in [-0.4, -0.2) is 41.2 Å². The number of hydrogen-bond acceptors (Lipinski definition) is 4. The molecule has 2 fully saturated rings. The molecule has 4 aromatic rings. The number of rotatable bonds is 5. The lowest BCUT2D eigenvalue weighted by atomic mass is 9.91. The van der Waals surface area contributed by atoms with Crippen LogP contribution in [0.25, 0.3) is 22.2 Å². The summed E-state index contributed by atoms with van der Waals surface area (Å²) in [5.74, 6) is 1.02. The Balaban J connectivity index is 1.18. The van der Waals surface area contributed by atoms with Crippen LogP contribution in [0.3, 0.4) is 0 Å². The summed E-state index contributed by atoms with van der Waals surface area (Å²) >= 11 is 0. The predicted molar refractivity (Wildman–Crippen MR) is 141 cm³/mol. The van der Waals surface area contributed by atoms with Crippen LogP contribution in [-0.2, 0) is 16.8 Å². The second-order valence-electron chi connectivity index (χ2n) is 10.5. The van der Waals surface area contributed by atoms with E-state index in [2.05, 4.69) is 57.8 Å². The topological polar surface area (TPSA) is 70.2 Å². The Morgan fingerprint density at radius 2 is 1.94 bits per heavy atom. The lowest BCUT2D eigenvalue weighted by molar-refractivity contribution is -0.118. The van der Waals surface area contributed by atoms with Gasteiger partial charge in [0.25, 0.3) is 0 Å². The Kier molecular flexibility index (Phi) is 4.93. The Hall–Kier alpha value is -3.64. The molecular formula is C30H30N4O2. The maximum atomic E-state index is 13.1. The molecule has 7 rings (SSSR count). The highest BCUT2D eigenvalue weighted by Crippen LogP contribution is 2.65. The fourth-order valence-electron chi connectivity index (χ4n) is 6.37. The highest BCUT2D eigenvalue weighted by molar-refractivity contribution is 6.10. The van der Waals surface area contributed by atoms with Gasteiger partial charge in [-0.25, -0.2) is 0 Å². The van der Waals surface area contributed by atoms with E-state index in [-0.39, 0.29) is 11.8 Å². The van der Waals surface area contributed by atoms with Crippen LogP contribution in [0.5, 0.6) is 5.75 Å². The summed E-state index contributed by atoms with van der Waals surface area (Å²) in [6.07, 6.45) is 4.76. The Bertz CT molecular complexity index is 1490. The number of hydrogen-bond donors (Lipinski definition) is 2. The zero-order valence-corrected chi connectivity index (χ0v) is 20.5. The number of aromatic nitrogens is 2. The van der Waals surface area contributed by atoms with Crippen molar-refractivity contribution >= 4 is 22.5 Å². The standard InChI is InChI=1S/C30H30N4O2/c1-36-22-9-11-26-24(16-22)30(29(35)31-26)17-25(30)20-8-10-23-27(15-20)32-33-28(23)21-7-5-6-19(14-21)18-34-12-3-2-4-13-34/h5-11,14-16,25H,2-4,12-13,17-18H2,1H3,(H,31,35)(H,32,33)/t25-,30-/m0/s1. The van der Waals surface area contributed by atoms with Gasteiger partial charge < -0.3 is 10.1 Å². The molecule has 0 bridgehead atoms. The zero-order chi connectivity index (χ0) is 24.3. The lowest BCUT2D eigenvalue weighted by Gasteiger charge is -2.26. The van der Waals surface area contributed by atoms with Gasteiger partial charge in [0.2, 0.25) is 5.91 Å². The second-order valence-corrected chi connectivity index (χ2v) is 10.5. The van der Waals surface area contributed by atoms with Crippen LogP contribution in [0, 0.1) is 0 Å². The minimum Gasteiger partial charge on any atom is -0.497 e. The molecule has 2 atom stereocenters. The normalized spacial score (nSPS) is 23.1. The average molecular weight is 479 g/mol. The van der Waals surface area contributed by atoms with E-state index in [9.17, 15) is 4.79 Å². The number of piperidine rings is 1. The lowest BCUT2D eigenvalue weighted by Crippen LogP contribution is -2.29. The third kappa shape index (κ3) is 3.35. The summed E-state index contributed by atoms with van der Waals surface area (Å²) in [4.78, 5) is 15.6. The third-order valence-corrected chi connectivity index (χ3v) is 8.37. The molecule has 1 aliphatic carbocycles. The number of anilines is 1. The van der Waals surface area contributed by atoms with Crippen molar-refractivity contribution in [3.05, 3.63) is 77.4 Å². The molecule has 1 saturated carbocycles. The van der Waals surface area contributed by atoms with E-state index >= 15 is 0 Å². The molecule has 1 spiro atoms. The summed E-state index contributed by atoms with van der Waals surface area (Å²) in [7, 11) is 1.66. The summed E-state index contributed by atoms with van der Waals surface area (Å²) in [6.45, 7) is 3.38. The minimum atomic E-state index is -0.497. The number of carbonyl (C=O) groups excluding carboxylic acids is 1. The number of benzene rings is 3. The van der Waals surface area contributed by atoms with Crippen molar-refractivity contribution in [1.29, 1.82) is 0 Å². The molecule has 0 unspecified atom stereocenters. The number of H-pyrrole nitrogens is 1. The van der Waals surface area contributed by atoms with Gasteiger partial charge in [0.1, 0.15) is 5.75 Å². The van der Waals surface area contributed by atoms with Crippen molar-refractivity contribution in [2.75, 3.05) is 25.5 Å². The first-order valence-electron chi connectivity index (χ1n) is 13.0. The molecule has 0 radical (unpaired) electrons. The van der Waals surface area contributed by atoms with Crippen molar-refractivity contribution in [3.63, 3.8) is 0 Å². The molecule has 6 heteroatoms. The fraction of sp³-hybridized carbons (Fsp3) is 0.333. The van der Waals surface area contributed by atoms with Gasteiger partial charge in [0.05, 0.1) is 23.7 Å². The quantitative estimate of drug-likeness (QED) is 0.392. The first-order valence-corrected chi connectivity index (χ1v) is 13.0. The molecule has 1 amide bonds. The van der Waals surface area contributed by atoms with Gasteiger partial charge >= 0.3 is 0 Å². The first-order chi connectivity index (χ1) is 17.7. The summed E-state index contributed by atoms with van der Waals surface area (Å²) < 4.78 is 5.44. The van der Waals surface area contributed by atoms with Crippen molar-refractivity contribution < 1.29 is 9.53 Å². The van der Waals surface area contributed by atoms with Crippen molar-refractivity contribution in [2.24, 2.45) is 0 Å². The molecule has 182 valence electrons. The monoisotopic (exact) mass is 478 g/mol. The van der Waals surface area contributed by atoms with E-state index in [1.165, 1.54) is 43.5 Å². The first kappa shape index (κ1) is 21.6. The summed E-state index contributed by atoms with van der Waals surface area (Å²) in [5.41, 5.74) is 7.09. The molecule has 6 nitrogen and oxygen atoms in total. The Morgan fingerprint density at radius 3 is 2.81 bits per heavy atom. The Labute approximate surface area is 210 Å². The molecule has 3 aliphatic rings. The summed E-state index contributed by atoms with van der Waals surface area (Å²) in [5, 5.41) is 12.2. The van der Waals surface area contributed by atoms with Gasteiger partial charge in [-0.15, -0.1) is 0 Å². The fourth-order valence-corrected chi connectivity index (χ4v) is 6.37. The molecule has 2 N–H and O–H groups in total. The second kappa shape index (κ2) is 8.20. The molecule has 1 aromatic heterocycles. The van der Waals surface area contributed by atoms with Crippen LogP contribution in [0.1, 0.15) is 48.3 Å². The number of methoxy groups -OCH3 is 1. The van der Waals surface area contributed by atoms with E-state index in [4.69, 9.17) is 9.84 Å². The van der Waals surface area contributed by atoms with Crippen LogP contribution in [0.4, 0.5) is 5.69 Å². The number of carbonyl (C=O) groups is 1. The number of fused-ring (bicyclic) bond motifs is 3. The molecular weight excluding hydrogens is 448 g/mol. The van der Waals surface area contributed by atoms with Crippen molar-refractivity contribution in [2.45, 2.75) is 43.6 Å².